The van der Waals surface area contributed by atoms with E-state index in [0.717, 1.165) is 48.1 Å². The molecule has 2 heterocycles. The number of aryl methyl sites for hydroxylation is 3. The molecule has 32 heavy (non-hydrogen) atoms. The van der Waals surface area contributed by atoms with Crippen LogP contribution in [0.1, 0.15) is 48.2 Å². The molecule has 0 saturated carbocycles. The number of fused-ring (bicyclic) bond motifs is 1. The van der Waals surface area contributed by atoms with Crippen LogP contribution < -0.4 is 5.32 Å². The van der Waals surface area contributed by atoms with E-state index in [1.165, 1.54) is 16.8 Å². The Bertz CT molecular complexity index is 1140. The van der Waals surface area contributed by atoms with Gasteiger partial charge in [0.2, 0.25) is 5.82 Å². The van der Waals surface area contributed by atoms with Crippen molar-refractivity contribution in [2.45, 2.75) is 53.4 Å². The van der Waals surface area contributed by atoms with Gasteiger partial charge < -0.3 is 14.9 Å². The topological polar surface area (TPSA) is 106 Å². The highest BCUT2D eigenvalue weighted by molar-refractivity contribution is 5.69. The maximum atomic E-state index is 10.7. The van der Waals surface area contributed by atoms with E-state index in [1.54, 1.807) is 0 Å². The fourth-order valence-corrected chi connectivity index (χ4v) is 4.63. The normalized spacial score (nSPS) is 15.0. The molecule has 8 heteroatoms. The van der Waals surface area contributed by atoms with E-state index in [2.05, 4.69) is 55.3 Å². The Kier molecular flexibility index (Phi) is 5.90. The van der Waals surface area contributed by atoms with Gasteiger partial charge in [0, 0.05) is 23.9 Å². The molecule has 0 atom stereocenters. The first-order chi connectivity index (χ1) is 15.1. The number of carboxylic acids is 1. The number of hydrogen-bond donors (Lipinski definition) is 2. The van der Waals surface area contributed by atoms with Gasteiger partial charge >= 0.3 is 5.97 Å². The van der Waals surface area contributed by atoms with Crippen molar-refractivity contribution in [1.82, 2.24) is 25.2 Å². The predicted octanol–water partition coefficient (Wildman–Crippen LogP) is 3.49. The fraction of sp³-hybridized carbons (Fsp3) is 0.500. The minimum atomic E-state index is -0.848. The summed E-state index contributed by atoms with van der Waals surface area (Å²) in [7, 11) is 1.98. The zero-order valence-corrected chi connectivity index (χ0v) is 19.4. The first-order valence-electron chi connectivity index (χ1n) is 11.1. The van der Waals surface area contributed by atoms with Crippen molar-refractivity contribution in [2.75, 3.05) is 13.1 Å². The van der Waals surface area contributed by atoms with Crippen LogP contribution in [0.15, 0.2) is 16.7 Å². The number of benzene rings is 1. The lowest BCUT2D eigenvalue weighted by molar-refractivity contribution is -0.135. The third kappa shape index (κ3) is 4.46. The van der Waals surface area contributed by atoms with Crippen LogP contribution in [-0.4, -0.2) is 44.1 Å². The zero-order chi connectivity index (χ0) is 23.0. The molecule has 2 aromatic heterocycles. The van der Waals surface area contributed by atoms with Crippen LogP contribution in [0.5, 0.6) is 0 Å². The lowest BCUT2D eigenvalue weighted by Crippen LogP contribution is -2.25. The van der Waals surface area contributed by atoms with Crippen LogP contribution in [0.25, 0.3) is 23.0 Å². The molecule has 8 nitrogen and oxygen atoms in total. The van der Waals surface area contributed by atoms with E-state index < -0.39 is 5.97 Å². The number of nitrogens with one attached hydrogen (secondary N) is 1. The molecule has 0 unspecified atom stereocenters. The minimum absolute atomic E-state index is 0.0312. The number of aromatic nitrogens is 4. The fourth-order valence-electron chi connectivity index (χ4n) is 4.63. The van der Waals surface area contributed by atoms with Crippen molar-refractivity contribution in [3.05, 3.63) is 40.1 Å². The largest absolute Gasteiger partial charge is 0.480 e. The van der Waals surface area contributed by atoms with Gasteiger partial charge in [0.05, 0.1) is 6.54 Å². The molecule has 0 amide bonds. The van der Waals surface area contributed by atoms with E-state index in [0.29, 0.717) is 18.3 Å². The Balaban J connectivity index is 1.57. The molecule has 0 fully saturated rings. The molecule has 170 valence electrons. The Morgan fingerprint density at radius 2 is 2.00 bits per heavy atom. The van der Waals surface area contributed by atoms with Gasteiger partial charge in [-0.05, 0) is 80.3 Å². The van der Waals surface area contributed by atoms with Gasteiger partial charge in [0.25, 0.3) is 5.89 Å². The molecular formula is C24H31N5O3. The predicted molar refractivity (Wildman–Crippen MR) is 121 cm³/mol. The number of carboxylic acid groups (broad SMARTS) is 1. The first-order valence-corrected chi connectivity index (χ1v) is 11.1. The Morgan fingerprint density at radius 1 is 1.28 bits per heavy atom. The number of hydrogen-bond acceptors (Lipinski definition) is 6. The number of rotatable bonds is 7. The highest BCUT2D eigenvalue weighted by Gasteiger charge is 2.32. The van der Waals surface area contributed by atoms with Crippen LogP contribution in [-0.2, 0) is 31.1 Å². The average Bonchev–Trinajstić information content (AvgIpc) is 3.31. The van der Waals surface area contributed by atoms with Gasteiger partial charge in [-0.2, -0.15) is 10.1 Å². The van der Waals surface area contributed by atoms with Gasteiger partial charge in [-0.15, -0.1) is 0 Å². The van der Waals surface area contributed by atoms with E-state index >= 15 is 0 Å². The number of carbonyl (C=O) groups is 1. The molecule has 0 saturated heterocycles. The SMILES string of the molecule is Cc1cc(-c2noc(-c3nn(C)c4c3CCC(C)(C)C4)n2)cc(C)c1CCNCC(=O)O. The third-order valence-electron chi connectivity index (χ3n) is 6.38. The summed E-state index contributed by atoms with van der Waals surface area (Å²) in [5.41, 5.74) is 7.91. The van der Waals surface area contributed by atoms with Gasteiger partial charge in [-0.1, -0.05) is 19.0 Å². The Morgan fingerprint density at radius 3 is 2.69 bits per heavy atom. The molecule has 3 aromatic rings. The third-order valence-corrected chi connectivity index (χ3v) is 6.38. The van der Waals surface area contributed by atoms with Crippen molar-refractivity contribution in [2.24, 2.45) is 12.5 Å². The lowest BCUT2D eigenvalue weighted by Gasteiger charge is -2.29. The number of aliphatic carboxylic acids is 1. The molecule has 0 radical (unpaired) electrons. The molecule has 0 aliphatic heterocycles. The molecule has 1 aliphatic carbocycles. The van der Waals surface area contributed by atoms with E-state index in [9.17, 15) is 4.79 Å². The molecule has 1 aliphatic rings. The summed E-state index contributed by atoms with van der Waals surface area (Å²) in [4.78, 5) is 15.4. The highest BCUT2D eigenvalue weighted by atomic mass is 16.5. The summed E-state index contributed by atoms with van der Waals surface area (Å²) in [5.74, 6) is 0.172. The molecule has 2 N–H and O–H groups in total. The van der Waals surface area contributed by atoms with Crippen molar-refractivity contribution >= 4 is 5.97 Å². The average molecular weight is 438 g/mol. The van der Waals surface area contributed by atoms with Crippen molar-refractivity contribution in [3.63, 3.8) is 0 Å². The van der Waals surface area contributed by atoms with Crippen molar-refractivity contribution < 1.29 is 14.4 Å². The summed E-state index contributed by atoms with van der Waals surface area (Å²) in [6.07, 6.45) is 3.83. The lowest BCUT2D eigenvalue weighted by atomic mass is 9.76. The van der Waals surface area contributed by atoms with E-state index in [1.807, 2.05) is 11.7 Å². The number of nitrogens with zero attached hydrogens (tertiary/aromatic N) is 4. The summed E-state index contributed by atoms with van der Waals surface area (Å²) in [5, 5.41) is 20.7. The smallest absolute Gasteiger partial charge is 0.317 e. The van der Waals surface area contributed by atoms with Crippen LogP contribution in [0.2, 0.25) is 0 Å². The van der Waals surface area contributed by atoms with Crippen LogP contribution in [0, 0.1) is 19.3 Å². The van der Waals surface area contributed by atoms with E-state index in [-0.39, 0.29) is 12.0 Å². The van der Waals surface area contributed by atoms with Crippen LogP contribution >= 0.6 is 0 Å². The summed E-state index contributed by atoms with van der Waals surface area (Å²) in [6.45, 7) is 9.29. The quantitative estimate of drug-likeness (QED) is 0.545. The zero-order valence-electron chi connectivity index (χ0n) is 19.4. The molecule has 1 aromatic carbocycles. The maximum Gasteiger partial charge on any atom is 0.317 e. The molecule has 4 rings (SSSR count). The molecular weight excluding hydrogens is 406 g/mol. The molecule has 0 spiro atoms. The summed E-state index contributed by atoms with van der Waals surface area (Å²) < 4.78 is 7.60. The van der Waals surface area contributed by atoms with Crippen molar-refractivity contribution in [3.8, 4) is 23.0 Å². The van der Waals surface area contributed by atoms with Gasteiger partial charge in [0.15, 0.2) is 5.69 Å². The summed E-state index contributed by atoms with van der Waals surface area (Å²) >= 11 is 0. The van der Waals surface area contributed by atoms with Gasteiger partial charge in [-0.3, -0.25) is 9.48 Å². The molecule has 0 bridgehead atoms. The van der Waals surface area contributed by atoms with Crippen LogP contribution in [0.4, 0.5) is 0 Å². The standard InChI is InChI=1S/C24H31N5O3/c1-14-10-16(11-15(2)17(14)7-9-25-13-20(30)31)22-26-23(32-28-22)21-18-6-8-24(3,4)12-19(18)29(5)27-21/h10-11,25H,6-9,12-13H2,1-5H3,(H,30,31). The van der Waals surface area contributed by atoms with Crippen molar-refractivity contribution in [1.29, 1.82) is 0 Å². The minimum Gasteiger partial charge on any atom is -0.480 e. The second-order valence-corrected chi connectivity index (χ2v) is 9.57. The van der Waals surface area contributed by atoms with Crippen LogP contribution in [0.3, 0.4) is 0 Å². The summed E-state index contributed by atoms with van der Waals surface area (Å²) in [6, 6.07) is 4.12. The second-order valence-electron chi connectivity index (χ2n) is 9.57. The maximum absolute atomic E-state index is 10.7. The second kappa shape index (κ2) is 8.50. The van der Waals surface area contributed by atoms with E-state index in [4.69, 9.17) is 14.7 Å². The Labute approximate surface area is 188 Å². The first kappa shape index (κ1) is 22.2. The van der Waals surface area contributed by atoms with Gasteiger partial charge in [0.1, 0.15) is 0 Å². The Hall–Kier alpha value is -3.00. The van der Waals surface area contributed by atoms with Gasteiger partial charge in [-0.25, -0.2) is 0 Å². The monoisotopic (exact) mass is 437 g/mol. The highest BCUT2D eigenvalue weighted by Crippen LogP contribution is 2.38.